The van der Waals surface area contributed by atoms with Crippen LogP contribution in [-0.4, -0.2) is 30.4 Å². The molecule has 3 unspecified atom stereocenters. The van der Waals surface area contributed by atoms with Gasteiger partial charge in [-0.15, -0.1) is 0 Å². The smallest absolute Gasteiger partial charge is 0.223 e. The number of hydrogen-bond donors (Lipinski definition) is 1. The number of amides is 1. The lowest BCUT2D eigenvalue weighted by molar-refractivity contribution is -0.122. The molecule has 1 aliphatic carbocycles. The minimum absolute atomic E-state index is 0.107. The zero-order valence-electron chi connectivity index (χ0n) is 14.6. The highest BCUT2D eigenvalue weighted by Gasteiger charge is 2.45. The zero-order valence-corrected chi connectivity index (χ0v) is 14.6. The maximum absolute atomic E-state index is 12.4. The van der Waals surface area contributed by atoms with Gasteiger partial charge in [-0.2, -0.15) is 0 Å². The second-order valence-electron chi connectivity index (χ2n) is 7.44. The van der Waals surface area contributed by atoms with E-state index >= 15 is 0 Å². The minimum Gasteiger partial charge on any atom is -0.469 e. The van der Waals surface area contributed by atoms with Crippen molar-refractivity contribution in [1.82, 2.24) is 10.2 Å². The number of furan rings is 1. The van der Waals surface area contributed by atoms with E-state index in [9.17, 15) is 4.79 Å². The van der Waals surface area contributed by atoms with Crippen molar-refractivity contribution in [3.05, 3.63) is 60.1 Å². The minimum atomic E-state index is 0.107. The molecular weight excluding hydrogens is 312 g/mol. The standard InChI is InChI=1S/C21H26N2O2/c24-21(19-12-18(19)20-9-5-11-25-20)22-13-17-8-4-10-23(15-17)14-16-6-2-1-3-7-16/h1-3,5-7,9,11,17-19H,4,8,10,12-15H2,(H,22,24). The van der Waals surface area contributed by atoms with Crippen molar-refractivity contribution in [3.63, 3.8) is 0 Å². The Balaban J connectivity index is 1.22. The Hall–Kier alpha value is -2.07. The van der Waals surface area contributed by atoms with E-state index in [0.29, 0.717) is 5.92 Å². The number of nitrogens with zero attached hydrogens (tertiary/aromatic N) is 1. The fourth-order valence-electron chi connectivity index (χ4n) is 3.98. The van der Waals surface area contributed by atoms with Crippen LogP contribution in [0.1, 0.15) is 36.5 Å². The summed E-state index contributed by atoms with van der Waals surface area (Å²) >= 11 is 0. The first-order valence-corrected chi connectivity index (χ1v) is 9.37. The SMILES string of the molecule is O=C(NCC1CCCN(Cc2ccccc2)C1)C1CC1c1ccco1. The Bertz CT molecular complexity index is 683. The summed E-state index contributed by atoms with van der Waals surface area (Å²) < 4.78 is 5.42. The van der Waals surface area contributed by atoms with Crippen LogP contribution in [0, 0.1) is 11.8 Å². The number of nitrogens with one attached hydrogen (secondary N) is 1. The van der Waals surface area contributed by atoms with Crippen LogP contribution in [0.4, 0.5) is 0 Å². The van der Waals surface area contributed by atoms with Crippen LogP contribution in [0.3, 0.4) is 0 Å². The molecule has 4 nitrogen and oxygen atoms in total. The predicted octanol–water partition coefficient (Wildman–Crippen LogP) is 3.41. The molecule has 0 radical (unpaired) electrons. The molecule has 1 saturated heterocycles. The molecule has 132 valence electrons. The lowest BCUT2D eigenvalue weighted by Gasteiger charge is -2.32. The van der Waals surface area contributed by atoms with Gasteiger partial charge in [0.1, 0.15) is 5.76 Å². The number of rotatable bonds is 6. The number of carbonyl (C=O) groups excluding carboxylic acids is 1. The van der Waals surface area contributed by atoms with Crippen molar-refractivity contribution >= 4 is 5.91 Å². The van der Waals surface area contributed by atoms with E-state index in [1.54, 1.807) is 6.26 Å². The van der Waals surface area contributed by atoms with Crippen molar-refractivity contribution in [3.8, 4) is 0 Å². The molecule has 0 bridgehead atoms. The molecule has 2 aromatic rings. The molecule has 1 N–H and O–H groups in total. The molecule has 25 heavy (non-hydrogen) atoms. The van der Waals surface area contributed by atoms with Gasteiger partial charge in [-0.1, -0.05) is 30.3 Å². The van der Waals surface area contributed by atoms with Crippen molar-refractivity contribution in [2.24, 2.45) is 11.8 Å². The Morgan fingerprint density at radius 1 is 1.20 bits per heavy atom. The Kier molecular flexibility index (Phi) is 4.88. The van der Waals surface area contributed by atoms with Crippen molar-refractivity contribution < 1.29 is 9.21 Å². The summed E-state index contributed by atoms with van der Waals surface area (Å²) in [6, 6.07) is 14.5. The highest BCUT2D eigenvalue weighted by molar-refractivity contribution is 5.82. The first-order chi connectivity index (χ1) is 12.3. The summed E-state index contributed by atoms with van der Waals surface area (Å²) in [7, 11) is 0. The molecule has 2 fully saturated rings. The van der Waals surface area contributed by atoms with Crippen molar-refractivity contribution in [2.75, 3.05) is 19.6 Å². The molecule has 1 aromatic heterocycles. The summed E-state index contributed by atoms with van der Waals surface area (Å²) in [6.07, 6.45) is 5.03. The van der Waals surface area contributed by atoms with E-state index in [1.165, 1.54) is 18.4 Å². The Labute approximate surface area is 149 Å². The van der Waals surface area contributed by atoms with Crippen LogP contribution in [0.25, 0.3) is 0 Å². The normalized spacial score (nSPS) is 26.3. The lowest BCUT2D eigenvalue weighted by atomic mass is 9.97. The van der Waals surface area contributed by atoms with Gasteiger partial charge in [0.25, 0.3) is 0 Å². The molecule has 2 heterocycles. The molecule has 1 saturated carbocycles. The first-order valence-electron chi connectivity index (χ1n) is 9.37. The third-order valence-corrected chi connectivity index (χ3v) is 5.45. The summed E-state index contributed by atoms with van der Waals surface area (Å²) in [4.78, 5) is 14.9. The summed E-state index contributed by atoms with van der Waals surface area (Å²) in [6.45, 7) is 4.03. The van der Waals surface area contributed by atoms with Crippen LogP contribution in [0.5, 0.6) is 0 Å². The highest BCUT2D eigenvalue weighted by Crippen LogP contribution is 2.47. The summed E-state index contributed by atoms with van der Waals surface area (Å²) in [5.41, 5.74) is 1.37. The third kappa shape index (κ3) is 4.13. The van der Waals surface area contributed by atoms with E-state index in [1.807, 2.05) is 12.1 Å². The van der Waals surface area contributed by atoms with Gasteiger partial charge in [0.15, 0.2) is 0 Å². The summed E-state index contributed by atoms with van der Waals surface area (Å²) in [5.74, 6) is 2.10. The van der Waals surface area contributed by atoms with E-state index < -0.39 is 0 Å². The fourth-order valence-corrected chi connectivity index (χ4v) is 3.98. The number of likely N-dealkylation sites (tertiary alicyclic amines) is 1. The van der Waals surface area contributed by atoms with Crippen molar-refractivity contribution in [1.29, 1.82) is 0 Å². The van der Waals surface area contributed by atoms with Crippen LogP contribution in [0.15, 0.2) is 53.1 Å². The molecule has 1 amide bonds. The fraction of sp³-hybridized carbons (Fsp3) is 0.476. The first kappa shape index (κ1) is 16.4. The second kappa shape index (κ2) is 7.44. The van der Waals surface area contributed by atoms with Crippen LogP contribution < -0.4 is 5.32 Å². The molecular formula is C21H26N2O2. The monoisotopic (exact) mass is 338 g/mol. The number of benzene rings is 1. The highest BCUT2D eigenvalue weighted by atomic mass is 16.3. The quantitative estimate of drug-likeness (QED) is 0.878. The topological polar surface area (TPSA) is 45.5 Å². The molecule has 0 spiro atoms. The van der Waals surface area contributed by atoms with Gasteiger partial charge in [0, 0.05) is 31.5 Å². The van der Waals surface area contributed by atoms with E-state index in [0.717, 1.165) is 38.4 Å². The van der Waals surface area contributed by atoms with Gasteiger partial charge < -0.3 is 9.73 Å². The number of carbonyl (C=O) groups is 1. The maximum Gasteiger partial charge on any atom is 0.223 e. The molecule has 4 heteroatoms. The molecule has 2 aliphatic rings. The zero-order chi connectivity index (χ0) is 17.1. The second-order valence-corrected chi connectivity index (χ2v) is 7.44. The molecule has 1 aromatic carbocycles. The number of hydrogen-bond acceptors (Lipinski definition) is 3. The van der Waals surface area contributed by atoms with E-state index in [-0.39, 0.29) is 17.7 Å². The molecule has 1 aliphatic heterocycles. The Morgan fingerprint density at radius 2 is 2.08 bits per heavy atom. The third-order valence-electron chi connectivity index (χ3n) is 5.45. The maximum atomic E-state index is 12.4. The average molecular weight is 338 g/mol. The van der Waals surface area contributed by atoms with Crippen LogP contribution >= 0.6 is 0 Å². The summed E-state index contributed by atoms with van der Waals surface area (Å²) in [5, 5.41) is 3.18. The largest absolute Gasteiger partial charge is 0.469 e. The Morgan fingerprint density at radius 3 is 2.88 bits per heavy atom. The van der Waals surface area contributed by atoms with Crippen LogP contribution in [0.2, 0.25) is 0 Å². The molecule has 4 rings (SSSR count). The van der Waals surface area contributed by atoms with Gasteiger partial charge in [-0.3, -0.25) is 9.69 Å². The van der Waals surface area contributed by atoms with Gasteiger partial charge in [0.2, 0.25) is 5.91 Å². The average Bonchev–Trinajstić information content (AvgIpc) is 3.26. The van der Waals surface area contributed by atoms with Gasteiger partial charge in [-0.05, 0) is 49.4 Å². The van der Waals surface area contributed by atoms with E-state index in [2.05, 4.69) is 40.5 Å². The molecule has 3 atom stereocenters. The van der Waals surface area contributed by atoms with Crippen LogP contribution in [-0.2, 0) is 11.3 Å². The van der Waals surface area contributed by atoms with E-state index in [4.69, 9.17) is 4.42 Å². The van der Waals surface area contributed by atoms with Gasteiger partial charge in [-0.25, -0.2) is 0 Å². The predicted molar refractivity (Wildman–Crippen MR) is 97.0 cm³/mol. The van der Waals surface area contributed by atoms with Gasteiger partial charge >= 0.3 is 0 Å². The van der Waals surface area contributed by atoms with Crippen molar-refractivity contribution in [2.45, 2.75) is 31.7 Å². The van der Waals surface area contributed by atoms with Gasteiger partial charge in [0.05, 0.1) is 6.26 Å². The lowest BCUT2D eigenvalue weighted by Crippen LogP contribution is -2.41. The number of piperidine rings is 1.